The summed E-state index contributed by atoms with van der Waals surface area (Å²) < 4.78 is 11.0. The molecule has 0 heterocycles. The van der Waals surface area contributed by atoms with Gasteiger partial charge in [0.2, 0.25) is 0 Å². The molecule has 6 heteroatoms. The highest BCUT2D eigenvalue weighted by Gasteiger charge is 2.05. The van der Waals surface area contributed by atoms with Crippen LogP contribution in [-0.4, -0.2) is 38.9 Å². The van der Waals surface area contributed by atoms with Crippen LogP contribution in [0, 0.1) is 0 Å². The van der Waals surface area contributed by atoms with E-state index in [1.807, 2.05) is 39.0 Å². The largest absolute Gasteiger partial charge is 0.493 e. The van der Waals surface area contributed by atoms with Crippen LogP contribution in [0.25, 0.3) is 0 Å². The molecule has 0 atom stereocenters. The lowest BCUT2D eigenvalue weighted by atomic mass is 10.2. The molecule has 0 radical (unpaired) electrons. The summed E-state index contributed by atoms with van der Waals surface area (Å²) in [6, 6.07) is 5.64. The van der Waals surface area contributed by atoms with E-state index in [2.05, 4.69) is 15.6 Å². The lowest BCUT2D eigenvalue weighted by Crippen LogP contribution is -2.38. The van der Waals surface area contributed by atoms with Gasteiger partial charge >= 0.3 is 0 Å². The van der Waals surface area contributed by atoms with E-state index in [0.29, 0.717) is 18.2 Å². The molecule has 5 nitrogen and oxygen atoms in total. The zero-order chi connectivity index (χ0) is 16.9. The first-order valence-corrected chi connectivity index (χ1v) is 8.60. The van der Waals surface area contributed by atoms with Gasteiger partial charge in [0, 0.05) is 36.9 Å². The van der Waals surface area contributed by atoms with Crippen LogP contribution in [-0.2, 0) is 11.3 Å². The first kappa shape index (κ1) is 19.6. The number of guanidine groups is 1. The standard InChI is InChI=1S/C17H28ClN3O2/c1-4-19-17(20-10-7-11-22-5-2)21-13-14-8-9-15(18)12-16(14)23-6-3/h8-9,12H,4-7,10-11,13H2,1-3H3,(H2,19,20,21). The molecule has 0 saturated heterocycles. The summed E-state index contributed by atoms with van der Waals surface area (Å²) >= 11 is 6.02. The maximum Gasteiger partial charge on any atom is 0.191 e. The maximum absolute atomic E-state index is 6.02. The molecule has 1 aromatic carbocycles. The Morgan fingerprint density at radius 2 is 2.00 bits per heavy atom. The molecule has 0 aliphatic carbocycles. The number of ether oxygens (including phenoxy) is 2. The van der Waals surface area contributed by atoms with Crippen LogP contribution in [0.15, 0.2) is 23.2 Å². The van der Waals surface area contributed by atoms with Crippen molar-refractivity contribution in [2.75, 3.05) is 32.9 Å². The highest BCUT2D eigenvalue weighted by atomic mass is 35.5. The summed E-state index contributed by atoms with van der Waals surface area (Å²) in [7, 11) is 0. The van der Waals surface area contributed by atoms with Crippen LogP contribution < -0.4 is 15.4 Å². The van der Waals surface area contributed by atoms with Crippen LogP contribution in [0.1, 0.15) is 32.8 Å². The maximum atomic E-state index is 6.02. The van der Waals surface area contributed by atoms with Crippen molar-refractivity contribution in [1.82, 2.24) is 10.6 Å². The Morgan fingerprint density at radius 1 is 1.17 bits per heavy atom. The van der Waals surface area contributed by atoms with Gasteiger partial charge < -0.3 is 20.1 Å². The lowest BCUT2D eigenvalue weighted by Gasteiger charge is -2.13. The van der Waals surface area contributed by atoms with Gasteiger partial charge in [0.05, 0.1) is 13.2 Å². The van der Waals surface area contributed by atoms with Gasteiger partial charge in [-0.2, -0.15) is 0 Å². The van der Waals surface area contributed by atoms with Gasteiger partial charge in [-0.15, -0.1) is 0 Å². The Labute approximate surface area is 144 Å². The molecular weight excluding hydrogens is 314 g/mol. The summed E-state index contributed by atoms with van der Waals surface area (Å²) in [5, 5.41) is 7.21. The highest BCUT2D eigenvalue weighted by Crippen LogP contribution is 2.24. The zero-order valence-corrected chi connectivity index (χ0v) is 15.1. The fourth-order valence-corrected chi connectivity index (χ4v) is 2.14. The summed E-state index contributed by atoms with van der Waals surface area (Å²) in [4.78, 5) is 4.60. The monoisotopic (exact) mass is 341 g/mol. The molecule has 0 aliphatic rings. The second-order valence-electron chi connectivity index (χ2n) is 4.86. The van der Waals surface area contributed by atoms with Gasteiger partial charge in [-0.05, 0) is 39.3 Å². The van der Waals surface area contributed by atoms with Crippen LogP contribution in [0.3, 0.4) is 0 Å². The quantitative estimate of drug-likeness (QED) is 0.390. The van der Waals surface area contributed by atoms with E-state index in [1.165, 1.54) is 0 Å². The molecule has 0 amide bonds. The van der Waals surface area contributed by atoms with Crippen molar-refractivity contribution >= 4 is 17.6 Å². The van der Waals surface area contributed by atoms with E-state index >= 15 is 0 Å². The smallest absolute Gasteiger partial charge is 0.191 e. The van der Waals surface area contributed by atoms with Gasteiger partial charge in [0.25, 0.3) is 0 Å². The first-order chi connectivity index (χ1) is 11.2. The predicted octanol–water partition coefficient (Wildman–Crippen LogP) is 3.22. The Bertz CT molecular complexity index is 481. The van der Waals surface area contributed by atoms with Gasteiger partial charge in [0.1, 0.15) is 5.75 Å². The number of nitrogens with zero attached hydrogens (tertiary/aromatic N) is 1. The average Bonchev–Trinajstić information content (AvgIpc) is 2.54. The molecule has 23 heavy (non-hydrogen) atoms. The molecular formula is C17H28ClN3O2. The third-order valence-electron chi connectivity index (χ3n) is 3.04. The molecule has 0 fully saturated rings. The van der Waals surface area contributed by atoms with Gasteiger partial charge in [0.15, 0.2) is 5.96 Å². The average molecular weight is 342 g/mol. The van der Waals surface area contributed by atoms with E-state index in [1.54, 1.807) is 0 Å². The van der Waals surface area contributed by atoms with Crippen molar-refractivity contribution in [1.29, 1.82) is 0 Å². The molecule has 1 rings (SSSR count). The van der Waals surface area contributed by atoms with Crippen molar-refractivity contribution in [3.8, 4) is 5.75 Å². The first-order valence-electron chi connectivity index (χ1n) is 8.22. The minimum Gasteiger partial charge on any atom is -0.493 e. The summed E-state index contributed by atoms with van der Waals surface area (Å²) in [6.45, 7) is 10.3. The molecule has 0 saturated carbocycles. The van der Waals surface area contributed by atoms with Crippen LogP contribution >= 0.6 is 11.6 Å². The zero-order valence-electron chi connectivity index (χ0n) is 14.3. The third-order valence-corrected chi connectivity index (χ3v) is 3.28. The van der Waals surface area contributed by atoms with Crippen molar-refractivity contribution in [3.05, 3.63) is 28.8 Å². The Balaban J connectivity index is 2.62. The number of benzene rings is 1. The van der Waals surface area contributed by atoms with E-state index < -0.39 is 0 Å². The number of aliphatic imine (C=N–C) groups is 1. The second-order valence-corrected chi connectivity index (χ2v) is 5.29. The van der Waals surface area contributed by atoms with E-state index in [9.17, 15) is 0 Å². The molecule has 0 unspecified atom stereocenters. The number of hydrogen-bond donors (Lipinski definition) is 2. The Hall–Kier alpha value is -1.46. The third kappa shape index (κ3) is 8.09. The molecule has 2 N–H and O–H groups in total. The summed E-state index contributed by atoms with van der Waals surface area (Å²) in [6.07, 6.45) is 0.948. The van der Waals surface area contributed by atoms with E-state index in [4.69, 9.17) is 21.1 Å². The molecule has 130 valence electrons. The lowest BCUT2D eigenvalue weighted by molar-refractivity contribution is 0.145. The van der Waals surface area contributed by atoms with Crippen LogP contribution in [0.2, 0.25) is 5.02 Å². The Kier molecular flexibility index (Phi) is 10.2. The molecule has 0 aromatic heterocycles. The van der Waals surface area contributed by atoms with E-state index in [0.717, 1.165) is 50.0 Å². The Morgan fingerprint density at radius 3 is 2.70 bits per heavy atom. The number of nitrogens with one attached hydrogen (secondary N) is 2. The normalized spacial score (nSPS) is 11.4. The van der Waals surface area contributed by atoms with Crippen molar-refractivity contribution < 1.29 is 9.47 Å². The van der Waals surface area contributed by atoms with Crippen molar-refractivity contribution in [2.45, 2.75) is 33.7 Å². The minimum atomic E-state index is 0.535. The van der Waals surface area contributed by atoms with Gasteiger partial charge in [-0.3, -0.25) is 0 Å². The summed E-state index contributed by atoms with van der Waals surface area (Å²) in [5.74, 6) is 1.58. The fourth-order valence-electron chi connectivity index (χ4n) is 1.98. The second kappa shape index (κ2) is 12.0. The molecule has 1 aromatic rings. The molecule has 0 spiro atoms. The number of hydrogen-bond acceptors (Lipinski definition) is 3. The van der Waals surface area contributed by atoms with E-state index in [-0.39, 0.29) is 0 Å². The molecule has 0 aliphatic heterocycles. The van der Waals surface area contributed by atoms with Crippen molar-refractivity contribution in [2.24, 2.45) is 4.99 Å². The van der Waals surface area contributed by atoms with Crippen LogP contribution in [0.4, 0.5) is 0 Å². The van der Waals surface area contributed by atoms with Gasteiger partial charge in [-0.25, -0.2) is 4.99 Å². The number of halogens is 1. The van der Waals surface area contributed by atoms with Crippen molar-refractivity contribution in [3.63, 3.8) is 0 Å². The summed E-state index contributed by atoms with van der Waals surface area (Å²) in [5.41, 5.74) is 1.02. The highest BCUT2D eigenvalue weighted by molar-refractivity contribution is 6.30. The predicted molar refractivity (Wildman–Crippen MR) is 96.5 cm³/mol. The molecule has 0 bridgehead atoms. The topological polar surface area (TPSA) is 54.9 Å². The van der Waals surface area contributed by atoms with Gasteiger partial charge in [-0.1, -0.05) is 17.7 Å². The SMILES string of the molecule is CCNC(=NCc1ccc(Cl)cc1OCC)NCCCOCC. The van der Waals surface area contributed by atoms with Crippen LogP contribution in [0.5, 0.6) is 5.75 Å². The minimum absolute atomic E-state index is 0.535. The fraction of sp³-hybridized carbons (Fsp3) is 0.588. The number of rotatable bonds is 10.